The summed E-state index contributed by atoms with van der Waals surface area (Å²) in [5.74, 6) is -0.141. The van der Waals surface area contributed by atoms with E-state index >= 15 is 0 Å². The third-order valence-corrected chi connectivity index (χ3v) is 13.8. The molecule has 1 rings (SSSR count). The van der Waals surface area contributed by atoms with E-state index < -0.39 is 49.5 Å². The molecule has 9 heteroatoms. The van der Waals surface area contributed by atoms with E-state index in [0.717, 1.165) is 44.9 Å². The Bertz CT molecular complexity index is 1090. The van der Waals surface area contributed by atoms with Crippen LogP contribution in [0.5, 0.6) is 0 Å². The normalized spacial score (nSPS) is 19.9. The van der Waals surface area contributed by atoms with Crippen molar-refractivity contribution < 1.29 is 39.8 Å². The van der Waals surface area contributed by atoms with Gasteiger partial charge in [0, 0.05) is 6.42 Å². The Labute approximate surface area is 407 Å². The van der Waals surface area contributed by atoms with Gasteiger partial charge in [-0.15, -0.1) is 0 Å². The predicted octanol–water partition coefficient (Wildman–Crippen LogP) is 13.8. The van der Waals surface area contributed by atoms with Gasteiger partial charge in [0.25, 0.3) is 0 Å². The van der Waals surface area contributed by atoms with Crippen molar-refractivity contribution in [2.45, 2.75) is 320 Å². The highest BCUT2D eigenvalue weighted by Crippen LogP contribution is 2.23. The van der Waals surface area contributed by atoms with Crippen LogP contribution in [-0.2, 0) is 14.3 Å². The molecule has 0 radical (unpaired) electrons. The molecule has 1 aliphatic heterocycles. The minimum atomic E-state index is -1.55. The van der Waals surface area contributed by atoms with Crippen LogP contribution in [-0.4, -0.2) is 87.5 Å². The second-order valence-electron chi connectivity index (χ2n) is 20.1. The molecule has 390 valence electrons. The Kier molecular flexibility index (Phi) is 45.0. The van der Waals surface area contributed by atoms with E-state index in [1.807, 2.05) is 0 Å². The Morgan fingerprint density at radius 3 is 1.30 bits per heavy atom. The summed E-state index contributed by atoms with van der Waals surface area (Å²) in [5.41, 5.74) is 0. The highest BCUT2D eigenvalue weighted by molar-refractivity contribution is 5.76. The minimum Gasteiger partial charge on any atom is -0.394 e. The molecule has 0 aliphatic carbocycles. The zero-order chi connectivity index (χ0) is 48.0. The molecule has 66 heavy (non-hydrogen) atoms. The second-order valence-corrected chi connectivity index (χ2v) is 20.1. The smallest absolute Gasteiger partial charge is 0.220 e. The van der Waals surface area contributed by atoms with Gasteiger partial charge in [0.1, 0.15) is 24.4 Å². The van der Waals surface area contributed by atoms with Gasteiger partial charge in [-0.25, -0.2) is 0 Å². The number of aliphatic hydroxyl groups excluding tert-OH is 5. The van der Waals surface area contributed by atoms with Gasteiger partial charge in [-0.2, -0.15) is 0 Å². The molecule has 0 saturated carbocycles. The molecule has 6 N–H and O–H groups in total. The quantitative estimate of drug-likeness (QED) is 0.0261. The minimum absolute atomic E-state index is 0.135. The Balaban J connectivity index is 2.20. The number of unbranched alkanes of at least 4 members (excludes halogenated alkanes) is 35. The third-order valence-electron chi connectivity index (χ3n) is 13.8. The van der Waals surface area contributed by atoms with E-state index in [2.05, 4.69) is 43.5 Å². The molecule has 9 nitrogen and oxygen atoms in total. The number of hydrogen-bond donors (Lipinski definition) is 6. The number of hydrogen-bond acceptors (Lipinski definition) is 8. The topological polar surface area (TPSA) is 149 Å². The first-order valence-electron chi connectivity index (χ1n) is 28.5. The monoisotopic (exact) mass is 936 g/mol. The molecule has 0 aromatic carbocycles. The first-order chi connectivity index (χ1) is 32.3. The summed E-state index contributed by atoms with van der Waals surface area (Å²) in [6.07, 6.45) is 52.0. The Morgan fingerprint density at radius 1 is 0.515 bits per heavy atom. The van der Waals surface area contributed by atoms with E-state index in [-0.39, 0.29) is 12.5 Å². The maximum absolute atomic E-state index is 13.1. The molecular formula is C57H109NO8. The van der Waals surface area contributed by atoms with E-state index in [1.54, 1.807) is 0 Å². The molecule has 1 fully saturated rings. The fourth-order valence-corrected chi connectivity index (χ4v) is 9.25. The number of rotatable bonds is 49. The number of allylic oxidation sites excluding steroid dienone is 4. The first kappa shape index (κ1) is 62.7. The van der Waals surface area contributed by atoms with Crippen molar-refractivity contribution in [3.05, 3.63) is 24.3 Å². The maximum Gasteiger partial charge on any atom is 0.220 e. The average Bonchev–Trinajstić information content (AvgIpc) is 3.32. The lowest BCUT2D eigenvalue weighted by molar-refractivity contribution is -0.302. The fourth-order valence-electron chi connectivity index (χ4n) is 9.25. The van der Waals surface area contributed by atoms with Crippen LogP contribution in [0.15, 0.2) is 24.3 Å². The van der Waals surface area contributed by atoms with Crippen LogP contribution < -0.4 is 5.32 Å². The van der Waals surface area contributed by atoms with Gasteiger partial charge in [0.2, 0.25) is 5.91 Å². The van der Waals surface area contributed by atoms with Crippen molar-refractivity contribution in [2.24, 2.45) is 0 Å². The van der Waals surface area contributed by atoms with Crippen molar-refractivity contribution in [3.8, 4) is 0 Å². The van der Waals surface area contributed by atoms with Crippen molar-refractivity contribution in [1.29, 1.82) is 0 Å². The molecule has 0 aromatic rings. The highest BCUT2D eigenvalue weighted by atomic mass is 16.7. The van der Waals surface area contributed by atoms with Crippen molar-refractivity contribution in [2.75, 3.05) is 13.2 Å². The van der Waals surface area contributed by atoms with Crippen LogP contribution in [0.2, 0.25) is 0 Å². The average molecular weight is 936 g/mol. The summed E-state index contributed by atoms with van der Waals surface area (Å²) in [4.78, 5) is 13.1. The molecule has 1 amide bonds. The zero-order valence-electron chi connectivity index (χ0n) is 43.2. The fraction of sp³-hybridized carbons (Fsp3) is 0.912. The molecule has 0 spiro atoms. The van der Waals surface area contributed by atoms with Crippen LogP contribution in [0.4, 0.5) is 0 Å². The lowest BCUT2D eigenvalue weighted by atomic mass is 9.99. The molecule has 7 atom stereocenters. The number of carbonyl (C=O) groups excluding carboxylic acids is 1. The zero-order valence-corrected chi connectivity index (χ0v) is 43.2. The second kappa shape index (κ2) is 47.4. The summed E-state index contributed by atoms with van der Waals surface area (Å²) in [7, 11) is 0. The van der Waals surface area contributed by atoms with Gasteiger partial charge in [-0.3, -0.25) is 4.79 Å². The number of carbonyl (C=O) groups is 1. The van der Waals surface area contributed by atoms with Gasteiger partial charge >= 0.3 is 0 Å². The predicted molar refractivity (Wildman–Crippen MR) is 277 cm³/mol. The van der Waals surface area contributed by atoms with Gasteiger partial charge < -0.3 is 40.3 Å². The summed E-state index contributed by atoms with van der Waals surface area (Å²) >= 11 is 0. The number of nitrogens with one attached hydrogen (secondary N) is 1. The van der Waals surface area contributed by atoms with Crippen molar-refractivity contribution in [3.63, 3.8) is 0 Å². The van der Waals surface area contributed by atoms with E-state index in [0.29, 0.717) is 12.8 Å². The molecule has 1 heterocycles. The lowest BCUT2D eigenvalue weighted by Gasteiger charge is -2.40. The largest absolute Gasteiger partial charge is 0.394 e. The van der Waals surface area contributed by atoms with Crippen molar-refractivity contribution in [1.82, 2.24) is 5.32 Å². The van der Waals surface area contributed by atoms with E-state index in [1.165, 1.54) is 205 Å². The molecule has 0 aromatic heterocycles. The molecule has 0 bridgehead atoms. The van der Waals surface area contributed by atoms with Gasteiger partial charge in [-0.1, -0.05) is 250 Å². The highest BCUT2D eigenvalue weighted by Gasteiger charge is 2.44. The summed E-state index contributed by atoms with van der Waals surface area (Å²) in [6.45, 7) is 3.86. The molecule has 1 saturated heterocycles. The molecular weight excluding hydrogens is 827 g/mol. The van der Waals surface area contributed by atoms with Crippen LogP contribution in [0.25, 0.3) is 0 Å². The van der Waals surface area contributed by atoms with E-state index in [4.69, 9.17) is 9.47 Å². The third kappa shape index (κ3) is 36.6. The SMILES string of the molecule is CCCCCCC/C=C\C/C=C\CCCCCCCCCCCCCCCC(=O)NC(COC1OC(CO)C(O)C(O)C1O)C(O)CCCCCCCCCCCCCCCCCCCC. The Morgan fingerprint density at radius 2 is 0.894 bits per heavy atom. The maximum atomic E-state index is 13.1. The summed E-state index contributed by atoms with van der Waals surface area (Å²) < 4.78 is 11.3. The Hall–Kier alpha value is -1.33. The first-order valence-corrected chi connectivity index (χ1v) is 28.5. The lowest BCUT2D eigenvalue weighted by Crippen LogP contribution is -2.60. The van der Waals surface area contributed by atoms with Gasteiger partial charge in [0.15, 0.2) is 6.29 Å². The summed E-state index contributed by atoms with van der Waals surface area (Å²) in [5, 5.41) is 54.7. The van der Waals surface area contributed by atoms with E-state index in [9.17, 15) is 30.3 Å². The number of ether oxygens (including phenoxy) is 2. The van der Waals surface area contributed by atoms with Crippen LogP contribution >= 0.6 is 0 Å². The van der Waals surface area contributed by atoms with Crippen LogP contribution in [0.3, 0.4) is 0 Å². The molecule has 1 aliphatic rings. The van der Waals surface area contributed by atoms with Crippen molar-refractivity contribution >= 4 is 5.91 Å². The van der Waals surface area contributed by atoms with Gasteiger partial charge in [0.05, 0.1) is 25.4 Å². The number of aliphatic hydroxyl groups is 5. The number of amides is 1. The molecule has 7 unspecified atom stereocenters. The summed E-state index contributed by atoms with van der Waals surface area (Å²) in [6, 6.07) is -0.718. The van der Waals surface area contributed by atoms with Crippen LogP contribution in [0, 0.1) is 0 Å². The van der Waals surface area contributed by atoms with Crippen LogP contribution in [0.1, 0.15) is 277 Å². The standard InChI is InChI=1S/C57H109NO8/c1-3-5-7-9-11-13-15-17-19-21-23-24-25-26-27-28-29-31-33-35-37-39-41-43-45-47-53(61)58-50(49-65-57-56(64)55(63)54(62)52(48-59)66-57)51(60)46-44-42-40-38-36-34-32-30-22-20-18-16-14-12-10-8-6-4-2/h15,17,21,23,50-52,54-57,59-60,62-64H,3-14,16,18-20,22,24-49H2,1-2H3,(H,58,61)/b17-15-,23-21-. The van der Waals surface area contributed by atoms with Gasteiger partial charge in [-0.05, 0) is 44.9 Å².